The number of thioether (sulfide) groups is 1. The van der Waals surface area contributed by atoms with Crippen LogP contribution in [0.25, 0.3) is 22.5 Å². The molecule has 29 heavy (non-hydrogen) atoms. The summed E-state index contributed by atoms with van der Waals surface area (Å²) < 4.78 is 5.58. The van der Waals surface area contributed by atoms with E-state index in [1.807, 2.05) is 43.3 Å². The van der Waals surface area contributed by atoms with Gasteiger partial charge in [0.25, 0.3) is 0 Å². The number of amides is 1. The molecule has 6 heteroatoms. The smallest absolute Gasteiger partial charge is 0.233 e. The van der Waals surface area contributed by atoms with Gasteiger partial charge >= 0.3 is 0 Å². The van der Waals surface area contributed by atoms with Crippen molar-refractivity contribution in [2.75, 3.05) is 13.2 Å². The highest BCUT2D eigenvalue weighted by Crippen LogP contribution is 2.33. The molecule has 0 saturated carbocycles. The van der Waals surface area contributed by atoms with Gasteiger partial charge < -0.3 is 15.0 Å². The molecule has 1 aromatic heterocycles. The topological polar surface area (TPSA) is 67.0 Å². The van der Waals surface area contributed by atoms with E-state index in [0.717, 1.165) is 47.1 Å². The number of hydrogen-bond acceptors (Lipinski definition) is 4. The first-order valence-corrected chi connectivity index (χ1v) is 10.9. The Labute approximate surface area is 175 Å². The number of aromatic amines is 1. The zero-order valence-electron chi connectivity index (χ0n) is 16.4. The van der Waals surface area contributed by atoms with Crippen LogP contribution in [0.5, 0.6) is 0 Å². The van der Waals surface area contributed by atoms with Gasteiger partial charge in [-0.05, 0) is 19.8 Å². The number of hydrogen-bond donors (Lipinski definition) is 2. The van der Waals surface area contributed by atoms with Crippen molar-refractivity contribution in [2.24, 2.45) is 0 Å². The minimum atomic E-state index is -0.255. The third-order valence-corrected chi connectivity index (χ3v) is 5.96. The minimum Gasteiger partial charge on any atom is -0.376 e. The van der Waals surface area contributed by atoms with E-state index in [2.05, 4.69) is 34.6 Å². The lowest BCUT2D eigenvalue weighted by molar-refractivity contribution is -0.120. The number of carbonyl (C=O) groups excluding carboxylic acids is 1. The molecule has 3 aromatic rings. The Bertz CT molecular complexity index is 880. The van der Waals surface area contributed by atoms with Crippen LogP contribution < -0.4 is 5.32 Å². The zero-order chi connectivity index (χ0) is 20.1. The van der Waals surface area contributed by atoms with E-state index in [1.165, 1.54) is 11.8 Å². The van der Waals surface area contributed by atoms with E-state index in [9.17, 15) is 4.79 Å². The first-order valence-electron chi connectivity index (χ1n) is 9.97. The minimum absolute atomic E-state index is 0.00409. The highest BCUT2D eigenvalue weighted by atomic mass is 32.2. The number of imidazole rings is 1. The largest absolute Gasteiger partial charge is 0.376 e. The molecule has 2 N–H and O–H groups in total. The highest BCUT2D eigenvalue weighted by Gasteiger charge is 2.21. The molecule has 150 valence electrons. The van der Waals surface area contributed by atoms with Crippen molar-refractivity contribution in [3.8, 4) is 22.5 Å². The Kier molecular flexibility index (Phi) is 6.32. The van der Waals surface area contributed by atoms with Crippen molar-refractivity contribution < 1.29 is 9.53 Å². The second-order valence-corrected chi connectivity index (χ2v) is 8.47. The summed E-state index contributed by atoms with van der Waals surface area (Å²) in [6, 6.07) is 20.3. The van der Waals surface area contributed by atoms with Gasteiger partial charge in [-0.15, -0.1) is 0 Å². The highest BCUT2D eigenvalue weighted by molar-refractivity contribution is 8.00. The van der Waals surface area contributed by atoms with Crippen LogP contribution >= 0.6 is 11.8 Å². The molecule has 0 aliphatic carbocycles. The van der Waals surface area contributed by atoms with Gasteiger partial charge in [-0.2, -0.15) is 0 Å². The van der Waals surface area contributed by atoms with Crippen LogP contribution in [0.4, 0.5) is 0 Å². The fourth-order valence-electron chi connectivity index (χ4n) is 3.41. The number of H-pyrrole nitrogens is 1. The first-order chi connectivity index (χ1) is 14.2. The molecule has 0 radical (unpaired) electrons. The van der Waals surface area contributed by atoms with E-state index in [0.29, 0.717) is 6.54 Å². The van der Waals surface area contributed by atoms with Gasteiger partial charge in [-0.3, -0.25) is 4.79 Å². The lowest BCUT2D eigenvalue weighted by Crippen LogP contribution is -2.36. The third-order valence-electron chi connectivity index (χ3n) is 4.98. The summed E-state index contributed by atoms with van der Waals surface area (Å²) >= 11 is 1.44. The summed E-state index contributed by atoms with van der Waals surface area (Å²) in [5.41, 5.74) is 3.98. The number of nitrogens with zero attached hydrogens (tertiary/aromatic N) is 1. The average Bonchev–Trinajstić information content (AvgIpc) is 3.43. The standard InChI is InChI=1S/C23H25N3O2S/c1-16(22(27)24-15-19-13-8-14-28-19)29-23-25-20(17-9-4-2-5-10-17)21(26-23)18-11-6-3-7-12-18/h2-7,9-12,16,19H,8,13-15H2,1H3,(H,24,27)(H,25,26)/t16-,19-/m0/s1. The number of nitrogens with one attached hydrogen (secondary N) is 2. The Hall–Kier alpha value is -2.57. The molecule has 1 fully saturated rings. The Morgan fingerprint density at radius 3 is 2.52 bits per heavy atom. The van der Waals surface area contributed by atoms with Crippen LogP contribution in [-0.2, 0) is 9.53 Å². The quantitative estimate of drug-likeness (QED) is 0.565. The molecule has 1 amide bonds. The first kappa shape index (κ1) is 19.7. The van der Waals surface area contributed by atoms with Gasteiger partial charge in [0.15, 0.2) is 5.16 Å². The summed E-state index contributed by atoms with van der Waals surface area (Å²) in [7, 11) is 0. The summed E-state index contributed by atoms with van der Waals surface area (Å²) in [6.07, 6.45) is 2.23. The van der Waals surface area contributed by atoms with Crippen LogP contribution in [0, 0.1) is 0 Å². The van der Waals surface area contributed by atoms with Crippen LogP contribution in [0.2, 0.25) is 0 Å². The maximum absolute atomic E-state index is 12.5. The van der Waals surface area contributed by atoms with Crippen LogP contribution in [0.1, 0.15) is 19.8 Å². The normalized spacial score (nSPS) is 17.2. The van der Waals surface area contributed by atoms with Crippen molar-refractivity contribution in [3.63, 3.8) is 0 Å². The van der Waals surface area contributed by atoms with Crippen LogP contribution in [0.3, 0.4) is 0 Å². The van der Waals surface area contributed by atoms with Gasteiger partial charge in [-0.1, -0.05) is 72.4 Å². The Balaban J connectivity index is 1.51. The van der Waals surface area contributed by atoms with Crippen molar-refractivity contribution in [1.29, 1.82) is 0 Å². The molecule has 5 nitrogen and oxygen atoms in total. The van der Waals surface area contributed by atoms with Gasteiger partial charge in [0.2, 0.25) is 5.91 Å². The van der Waals surface area contributed by atoms with Gasteiger partial charge in [-0.25, -0.2) is 4.98 Å². The zero-order valence-corrected chi connectivity index (χ0v) is 17.2. The van der Waals surface area contributed by atoms with E-state index in [4.69, 9.17) is 9.72 Å². The number of ether oxygens (including phenoxy) is 1. The van der Waals surface area contributed by atoms with Gasteiger partial charge in [0.1, 0.15) is 0 Å². The molecular weight excluding hydrogens is 382 g/mol. The van der Waals surface area contributed by atoms with Crippen molar-refractivity contribution in [1.82, 2.24) is 15.3 Å². The monoisotopic (exact) mass is 407 g/mol. The van der Waals surface area contributed by atoms with E-state index >= 15 is 0 Å². The molecule has 1 saturated heterocycles. The van der Waals surface area contributed by atoms with Gasteiger partial charge in [0, 0.05) is 24.3 Å². The molecule has 2 atom stereocenters. The summed E-state index contributed by atoms with van der Waals surface area (Å²) in [5.74, 6) is 0.00409. The SMILES string of the molecule is C[C@H](Sc1nc(-c2ccccc2)c(-c2ccccc2)[nH]1)C(=O)NC[C@@H]1CCCO1. The number of carbonyl (C=O) groups is 1. The maximum atomic E-state index is 12.5. The van der Waals surface area contributed by atoms with E-state index < -0.39 is 0 Å². The van der Waals surface area contributed by atoms with Crippen LogP contribution in [0.15, 0.2) is 65.8 Å². The van der Waals surface area contributed by atoms with Crippen molar-refractivity contribution >= 4 is 17.7 Å². The summed E-state index contributed by atoms with van der Waals surface area (Å²) in [4.78, 5) is 20.8. The molecule has 0 bridgehead atoms. The lowest BCUT2D eigenvalue weighted by Gasteiger charge is -2.13. The summed E-state index contributed by atoms with van der Waals surface area (Å²) in [5, 5.41) is 3.49. The molecule has 0 spiro atoms. The third kappa shape index (κ3) is 4.89. The number of benzene rings is 2. The number of rotatable bonds is 7. The molecule has 0 unspecified atom stereocenters. The fourth-order valence-corrected chi connectivity index (χ4v) is 4.24. The molecule has 4 rings (SSSR count). The predicted molar refractivity (Wildman–Crippen MR) is 117 cm³/mol. The average molecular weight is 408 g/mol. The fraction of sp³-hybridized carbons (Fsp3) is 0.304. The predicted octanol–water partition coefficient (Wildman–Crippen LogP) is 4.52. The van der Waals surface area contributed by atoms with E-state index in [1.54, 1.807) is 0 Å². The molecule has 1 aliphatic heterocycles. The Morgan fingerprint density at radius 2 is 1.86 bits per heavy atom. The molecule has 1 aliphatic rings. The van der Waals surface area contributed by atoms with Gasteiger partial charge in [0.05, 0.1) is 22.7 Å². The van der Waals surface area contributed by atoms with Crippen LogP contribution in [-0.4, -0.2) is 40.4 Å². The second-order valence-electron chi connectivity index (χ2n) is 7.14. The lowest BCUT2D eigenvalue weighted by atomic mass is 10.1. The van der Waals surface area contributed by atoms with E-state index in [-0.39, 0.29) is 17.3 Å². The second kappa shape index (κ2) is 9.29. The maximum Gasteiger partial charge on any atom is 0.233 e. The van der Waals surface area contributed by atoms with Crippen molar-refractivity contribution in [2.45, 2.75) is 36.3 Å². The molecule has 2 heterocycles. The Morgan fingerprint density at radius 1 is 1.17 bits per heavy atom. The summed E-state index contributed by atoms with van der Waals surface area (Å²) in [6.45, 7) is 3.27. The molecule has 2 aromatic carbocycles. The number of aromatic nitrogens is 2. The molecular formula is C23H25N3O2S. The van der Waals surface area contributed by atoms with Crippen molar-refractivity contribution in [3.05, 3.63) is 60.7 Å².